The van der Waals surface area contributed by atoms with E-state index in [-0.39, 0.29) is 11.7 Å². The Morgan fingerprint density at radius 3 is 2.53 bits per heavy atom. The summed E-state index contributed by atoms with van der Waals surface area (Å²) in [4.78, 5) is 11.4. The summed E-state index contributed by atoms with van der Waals surface area (Å²) >= 11 is 0. The molecule has 0 heterocycles. The molecule has 0 saturated heterocycles. The maximum absolute atomic E-state index is 11.4. The van der Waals surface area contributed by atoms with Crippen LogP contribution >= 0.6 is 0 Å². The van der Waals surface area contributed by atoms with Crippen LogP contribution in [-0.4, -0.2) is 11.4 Å². The Bertz CT molecular complexity index is 699. The highest BCUT2D eigenvalue weighted by atomic mass is 16.3. The number of benzene rings is 2. The summed E-state index contributed by atoms with van der Waals surface area (Å²) in [6.07, 6.45) is 0.773. The SMILES string of the molecule is Cc1c(C)c2c(c(C=O)c1O)-c1ccccc1C2C. The van der Waals surface area contributed by atoms with Crippen LogP contribution in [0.25, 0.3) is 11.1 Å². The van der Waals surface area contributed by atoms with E-state index in [0.717, 1.165) is 28.5 Å². The fourth-order valence-corrected chi connectivity index (χ4v) is 3.24. The summed E-state index contributed by atoms with van der Waals surface area (Å²) in [5.41, 5.74) is 6.72. The molecule has 1 aliphatic carbocycles. The molecule has 2 nitrogen and oxygen atoms in total. The van der Waals surface area contributed by atoms with Crippen molar-refractivity contribution >= 4 is 6.29 Å². The van der Waals surface area contributed by atoms with Gasteiger partial charge in [-0.1, -0.05) is 31.2 Å². The van der Waals surface area contributed by atoms with Gasteiger partial charge in [0, 0.05) is 11.5 Å². The van der Waals surface area contributed by atoms with Gasteiger partial charge < -0.3 is 5.11 Å². The molecule has 0 aromatic heterocycles. The quantitative estimate of drug-likeness (QED) is 0.780. The van der Waals surface area contributed by atoms with Crippen molar-refractivity contribution in [2.45, 2.75) is 26.7 Å². The van der Waals surface area contributed by atoms with Crippen molar-refractivity contribution in [1.82, 2.24) is 0 Å². The van der Waals surface area contributed by atoms with Crippen LogP contribution < -0.4 is 0 Å². The van der Waals surface area contributed by atoms with Gasteiger partial charge in [-0.3, -0.25) is 4.79 Å². The molecule has 0 saturated carbocycles. The van der Waals surface area contributed by atoms with Crippen molar-refractivity contribution < 1.29 is 9.90 Å². The largest absolute Gasteiger partial charge is 0.507 e. The average molecular weight is 252 g/mol. The van der Waals surface area contributed by atoms with Crippen LogP contribution in [0.4, 0.5) is 0 Å². The monoisotopic (exact) mass is 252 g/mol. The predicted molar refractivity (Wildman–Crippen MR) is 75.9 cm³/mol. The standard InChI is InChI=1S/C17H16O2/c1-9-10(2)17(19)14(8-18)16-13-7-5-4-6-12(13)11(3)15(9)16/h4-8,11,19H,1-3H3. The second-order valence-electron chi connectivity index (χ2n) is 5.23. The summed E-state index contributed by atoms with van der Waals surface area (Å²) < 4.78 is 0. The topological polar surface area (TPSA) is 37.3 Å². The molecule has 1 N–H and O–H groups in total. The van der Waals surface area contributed by atoms with Crippen molar-refractivity contribution in [3.63, 3.8) is 0 Å². The van der Waals surface area contributed by atoms with Gasteiger partial charge in [-0.2, -0.15) is 0 Å². The second kappa shape index (κ2) is 3.95. The number of hydrogen-bond donors (Lipinski definition) is 1. The Kier molecular flexibility index (Phi) is 2.49. The van der Waals surface area contributed by atoms with Gasteiger partial charge in [0.15, 0.2) is 6.29 Å². The number of aldehydes is 1. The molecule has 1 aliphatic rings. The predicted octanol–water partition coefficient (Wildman–Crippen LogP) is 3.95. The Labute approximate surface area is 112 Å². The lowest BCUT2D eigenvalue weighted by atomic mass is 9.89. The van der Waals surface area contributed by atoms with Crippen LogP contribution in [-0.2, 0) is 0 Å². The maximum atomic E-state index is 11.4. The molecule has 19 heavy (non-hydrogen) atoms. The first-order valence-electron chi connectivity index (χ1n) is 6.48. The summed E-state index contributed by atoms with van der Waals surface area (Å²) in [6.45, 7) is 6.04. The van der Waals surface area contributed by atoms with Crippen molar-refractivity contribution in [1.29, 1.82) is 0 Å². The van der Waals surface area contributed by atoms with Gasteiger partial charge in [0.05, 0.1) is 5.56 Å². The molecule has 0 amide bonds. The number of rotatable bonds is 1. The van der Waals surface area contributed by atoms with Gasteiger partial charge in [-0.15, -0.1) is 0 Å². The van der Waals surface area contributed by atoms with Gasteiger partial charge in [-0.05, 0) is 41.7 Å². The number of carbonyl (C=O) groups excluding carboxylic acids is 1. The fraction of sp³-hybridized carbons (Fsp3) is 0.235. The minimum atomic E-state index is 0.121. The molecule has 96 valence electrons. The lowest BCUT2D eigenvalue weighted by Crippen LogP contribution is -1.99. The average Bonchev–Trinajstić information content (AvgIpc) is 2.72. The molecule has 0 spiro atoms. The number of phenolic OH excluding ortho intramolecular Hbond substituents is 1. The summed E-state index contributed by atoms with van der Waals surface area (Å²) in [5, 5.41) is 10.2. The van der Waals surface area contributed by atoms with E-state index >= 15 is 0 Å². The van der Waals surface area contributed by atoms with Crippen LogP contribution in [0.5, 0.6) is 5.75 Å². The molecule has 0 radical (unpaired) electrons. The second-order valence-corrected chi connectivity index (χ2v) is 5.23. The molecule has 0 bridgehead atoms. The fourth-order valence-electron chi connectivity index (χ4n) is 3.24. The van der Waals surface area contributed by atoms with E-state index in [1.165, 1.54) is 11.1 Å². The summed E-state index contributed by atoms with van der Waals surface area (Å²) in [5.74, 6) is 0.388. The van der Waals surface area contributed by atoms with Crippen molar-refractivity contribution in [2.75, 3.05) is 0 Å². The van der Waals surface area contributed by atoms with Crippen molar-refractivity contribution in [3.05, 3.63) is 52.1 Å². The van der Waals surface area contributed by atoms with Crippen LogP contribution in [0.2, 0.25) is 0 Å². The first kappa shape index (κ1) is 12.0. The first-order chi connectivity index (χ1) is 9.07. The molecular formula is C17H16O2. The zero-order chi connectivity index (χ0) is 13.7. The smallest absolute Gasteiger partial charge is 0.154 e. The Morgan fingerprint density at radius 1 is 1.16 bits per heavy atom. The molecule has 3 rings (SSSR count). The van der Waals surface area contributed by atoms with E-state index in [9.17, 15) is 9.90 Å². The Hall–Kier alpha value is -2.09. The van der Waals surface area contributed by atoms with Gasteiger partial charge >= 0.3 is 0 Å². The molecule has 2 aromatic rings. The molecule has 1 atom stereocenters. The van der Waals surface area contributed by atoms with E-state index in [0.29, 0.717) is 5.56 Å². The van der Waals surface area contributed by atoms with Crippen LogP contribution in [0.15, 0.2) is 24.3 Å². The third-order valence-corrected chi connectivity index (χ3v) is 4.36. The molecule has 0 fully saturated rings. The summed E-state index contributed by atoms with van der Waals surface area (Å²) in [6, 6.07) is 8.12. The van der Waals surface area contributed by atoms with Crippen LogP contribution in [0.3, 0.4) is 0 Å². The number of carbonyl (C=O) groups is 1. The van der Waals surface area contributed by atoms with Gasteiger partial charge in [0.1, 0.15) is 5.75 Å². The van der Waals surface area contributed by atoms with Crippen LogP contribution in [0, 0.1) is 13.8 Å². The maximum Gasteiger partial charge on any atom is 0.154 e. The minimum absolute atomic E-state index is 0.121. The van der Waals surface area contributed by atoms with E-state index in [1.54, 1.807) is 0 Å². The lowest BCUT2D eigenvalue weighted by Gasteiger charge is -2.16. The highest BCUT2D eigenvalue weighted by Crippen LogP contribution is 2.50. The molecular weight excluding hydrogens is 236 g/mol. The van der Waals surface area contributed by atoms with Gasteiger partial charge in [0.25, 0.3) is 0 Å². The molecule has 2 heteroatoms. The van der Waals surface area contributed by atoms with Gasteiger partial charge in [-0.25, -0.2) is 0 Å². The van der Waals surface area contributed by atoms with Crippen LogP contribution in [0.1, 0.15) is 45.5 Å². The zero-order valence-electron chi connectivity index (χ0n) is 11.3. The van der Waals surface area contributed by atoms with E-state index in [2.05, 4.69) is 13.0 Å². The molecule has 2 aromatic carbocycles. The van der Waals surface area contributed by atoms with Crippen molar-refractivity contribution in [3.8, 4) is 16.9 Å². The normalized spacial score (nSPS) is 16.1. The number of hydrogen-bond acceptors (Lipinski definition) is 2. The zero-order valence-corrected chi connectivity index (χ0v) is 11.3. The third-order valence-electron chi connectivity index (χ3n) is 4.36. The number of fused-ring (bicyclic) bond motifs is 3. The first-order valence-corrected chi connectivity index (χ1v) is 6.48. The van der Waals surface area contributed by atoms with Crippen molar-refractivity contribution in [2.24, 2.45) is 0 Å². The summed E-state index contributed by atoms with van der Waals surface area (Å²) in [7, 11) is 0. The Morgan fingerprint density at radius 2 is 1.84 bits per heavy atom. The molecule has 1 unspecified atom stereocenters. The number of phenols is 1. The molecule has 0 aliphatic heterocycles. The lowest BCUT2D eigenvalue weighted by molar-refractivity contribution is 0.112. The van der Waals surface area contributed by atoms with E-state index < -0.39 is 0 Å². The minimum Gasteiger partial charge on any atom is -0.507 e. The number of aromatic hydroxyl groups is 1. The van der Waals surface area contributed by atoms with Gasteiger partial charge in [0.2, 0.25) is 0 Å². The van der Waals surface area contributed by atoms with E-state index in [1.807, 2.05) is 32.0 Å². The Balaban J connectivity index is 2.50. The highest BCUT2D eigenvalue weighted by molar-refractivity contribution is 5.97. The highest BCUT2D eigenvalue weighted by Gasteiger charge is 2.31. The van der Waals surface area contributed by atoms with E-state index in [4.69, 9.17) is 0 Å². The third kappa shape index (κ3) is 1.40.